The second-order valence-electron chi connectivity index (χ2n) is 6.40. The molecular formula is C15H31N3. The molecule has 0 aromatic rings. The fourth-order valence-electron chi connectivity index (χ4n) is 3.19. The first-order valence-corrected chi connectivity index (χ1v) is 7.83. The molecule has 0 bridgehead atoms. The van der Waals surface area contributed by atoms with Gasteiger partial charge in [-0.25, -0.2) is 0 Å². The summed E-state index contributed by atoms with van der Waals surface area (Å²) < 4.78 is 0. The Hall–Kier alpha value is -0.120. The molecule has 3 heteroatoms. The first kappa shape index (κ1) is 14.3. The molecule has 0 amide bonds. The first-order chi connectivity index (χ1) is 8.70. The summed E-state index contributed by atoms with van der Waals surface area (Å²) in [4.78, 5) is 5.08. The van der Waals surface area contributed by atoms with Crippen LogP contribution in [0.15, 0.2) is 0 Å². The van der Waals surface area contributed by atoms with E-state index >= 15 is 0 Å². The van der Waals surface area contributed by atoms with Gasteiger partial charge in [-0.2, -0.15) is 0 Å². The van der Waals surface area contributed by atoms with Crippen LogP contribution in [0.2, 0.25) is 0 Å². The van der Waals surface area contributed by atoms with E-state index in [9.17, 15) is 0 Å². The van der Waals surface area contributed by atoms with Gasteiger partial charge in [-0.1, -0.05) is 6.92 Å². The van der Waals surface area contributed by atoms with Gasteiger partial charge in [-0.05, 0) is 65.2 Å². The molecule has 1 saturated heterocycles. The van der Waals surface area contributed by atoms with Crippen LogP contribution in [0.4, 0.5) is 0 Å². The third-order valence-corrected chi connectivity index (χ3v) is 4.55. The van der Waals surface area contributed by atoms with Gasteiger partial charge in [0.25, 0.3) is 0 Å². The van der Waals surface area contributed by atoms with Crippen molar-refractivity contribution in [3.05, 3.63) is 0 Å². The van der Waals surface area contributed by atoms with Crippen molar-refractivity contribution in [2.45, 2.75) is 51.1 Å². The average molecular weight is 253 g/mol. The van der Waals surface area contributed by atoms with Crippen molar-refractivity contribution in [1.82, 2.24) is 15.1 Å². The minimum atomic E-state index is 0.738. The van der Waals surface area contributed by atoms with E-state index in [1.807, 2.05) is 0 Å². The Balaban J connectivity index is 1.72. The van der Waals surface area contributed by atoms with E-state index in [1.54, 1.807) is 0 Å². The minimum absolute atomic E-state index is 0.738. The number of nitrogens with one attached hydrogen (secondary N) is 1. The van der Waals surface area contributed by atoms with Crippen LogP contribution in [0.3, 0.4) is 0 Å². The van der Waals surface area contributed by atoms with Crippen molar-refractivity contribution in [2.75, 3.05) is 40.3 Å². The van der Waals surface area contributed by atoms with E-state index in [0.717, 1.165) is 18.0 Å². The van der Waals surface area contributed by atoms with Crippen LogP contribution >= 0.6 is 0 Å². The minimum Gasteiger partial charge on any atom is -0.312 e. The van der Waals surface area contributed by atoms with Crippen molar-refractivity contribution in [1.29, 1.82) is 0 Å². The van der Waals surface area contributed by atoms with Crippen molar-refractivity contribution in [3.63, 3.8) is 0 Å². The van der Waals surface area contributed by atoms with Crippen LogP contribution < -0.4 is 5.32 Å². The van der Waals surface area contributed by atoms with E-state index in [4.69, 9.17) is 0 Å². The monoisotopic (exact) mass is 253 g/mol. The Kier molecular flexibility index (Phi) is 5.46. The molecule has 0 radical (unpaired) electrons. The van der Waals surface area contributed by atoms with Gasteiger partial charge in [0, 0.05) is 25.2 Å². The fraction of sp³-hybridized carbons (Fsp3) is 1.00. The summed E-state index contributed by atoms with van der Waals surface area (Å²) in [5.41, 5.74) is 0. The van der Waals surface area contributed by atoms with Crippen LogP contribution in [-0.4, -0.2) is 62.2 Å². The summed E-state index contributed by atoms with van der Waals surface area (Å²) in [6.07, 6.45) is 6.90. The predicted octanol–water partition coefficient (Wildman–Crippen LogP) is 1.79. The Morgan fingerprint density at radius 3 is 2.67 bits per heavy atom. The molecular weight excluding hydrogens is 222 g/mol. The molecule has 1 aliphatic heterocycles. The van der Waals surface area contributed by atoms with Gasteiger partial charge >= 0.3 is 0 Å². The lowest BCUT2D eigenvalue weighted by Gasteiger charge is -2.29. The van der Waals surface area contributed by atoms with Crippen molar-refractivity contribution < 1.29 is 0 Å². The van der Waals surface area contributed by atoms with Gasteiger partial charge in [0.2, 0.25) is 0 Å². The molecule has 0 aromatic heterocycles. The van der Waals surface area contributed by atoms with Crippen molar-refractivity contribution in [3.8, 4) is 0 Å². The second-order valence-corrected chi connectivity index (χ2v) is 6.40. The largest absolute Gasteiger partial charge is 0.312 e. The van der Waals surface area contributed by atoms with Crippen LogP contribution in [0, 0.1) is 5.92 Å². The zero-order valence-electron chi connectivity index (χ0n) is 12.5. The SMILES string of the molecule is CCCNC(CN(C)CC1CCCN1C)C1CC1. The molecule has 3 nitrogen and oxygen atoms in total. The Morgan fingerprint density at radius 2 is 2.11 bits per heavy atom. The van der Waals surface area contributed by atoms with Gasteiger partial charge < -0.3 is 15.1 Å². The number of hydrogen-bond acceptors (Lipinski definition) is 3. The number of nitrogens with zero attached hydrogens (tertiary/aromatic N) is 2. The lowest BCUT2D eigenvalue weighted by atomic mass is 10.1. The Morgan fingerprint density at radius 1 is 1.33 bits per heavy atom. The standard InChI is InChI=1S/C15H31N3/c1-4-9-16-15(13-7-8-13)12-17(2)11-14-6-5-10-18(14)3/h13-16H,4-12H2,1-3H3. The summed E-state index contributed by atoms with van der Waals surface area (Å²) >= 11 is 0. The van der Waals surface area contributed by atoms with Crippen molar-refractivity contribution >= 4 is 0 Å². The summed E-state index contributed by atoms with van der Waals surface area (Å²) in [7, 11) is 4.58. The number of likely N-dealkylation sites (tertiary alicyclic amines) is 1. The number of hydrogen-bond donors (Lipinski definition) is 1. The molecule has 2 fully saturated rings. The van der Waals surface area contributed by atoms with Gasteiger partial charge in [-0.15, -0.1) is 0 Å². The van der Waals surface area contributed by atoms with E-state index in [1.165, 1.54) is 58.3 Å². The zero-order valence-corrected chi connectivity index (χ0v) is 12.5. The molecule has 2 aliphatic rings. The van der Waals surface area contributed by atoms with Crippen LogP contribution in [0.5, 0.6) is 0 Å². The maximum absolute atomic E-state index is 3.74. The second kappa shape index (κ2) is 6.88. The molecule has 1 heterocycles. The van der Waals surface area contributed by atoms with E-state index in [2.05, 4.69) is 36.1 Å². The highest BCUT2D eigenvalue weighted by Crippen LogP contribution is 2.33. The molecule has 18 heavy (non-hydrogen) atoms. The lowest BCUT2D eigenvalue weighted by Crippen LogP contribution is -2.45. The van der Waals surface area contributed by atoms with E-state index < -0.39 is 0 Å². The highest BCUT2D eigenvalue weighted by Gasteiger charge is 2.32. The third kappa shape index (κ3) is 4.22. The molecule has 0 spiro atoms. The topological polar surface area (TPSA) is 18.5 Å². The summed E-state index contributed by atoms with van der Waals surface area (Å²) in [6.45, 7) is 7.20. The normalized spacial score (nSPS) is 27.0. The summed E-state index contributed by atoms with van der Waals surface area (Å²) in [6, 6.07) is 1.53. The lowest BCUT2D eigenvalue weighted by molar-refractivity contribution is 0.200. The smallest absolute Gasteiger partial charge is 0.0223 e. The molecule has 2 atom stereocenters. The fourth-order valence-corrected chi connectivity index (χ4v) is 3.19. The molecule has 106 valence electrons. The third-order valence-electron chi connectivity index (χ3n) is 4.55. The number of rotatable bonds is 8. The van der Waals surface area contributed by atoms with Gasteiger partial charge in [0.15, 0.2) is 0 Å². The maximum Gasteiger partial charge on any atom is 0.0223 e. The van der Waals surface area contributed by atoms with Gasteiger partial charge in [-0.3, -0.25) is 0 Å². The molecule has 2 rings (SSSR count). The first-order valence-electron chi connectivity index (χ1n) is 7.83. The summed E-state index contributed by atoms with van der Waals surface area (Å²) in [5, 5.41) is 3.74. The number of likely N-dealkylation sites (N-methyl/N-ethyl adjacent to an activating group) is 2. The van der Waals surface area contributed by atoms with Crippen LogP contribution in [0.1, 0.15) is 39.0 Å². The van der Waals surface area contributed by atoms with Crippen LogP contribution in [-0.2, 0) is 0 Å². The zero-order chi connectivity index (χ0) is 13.0. The molecule has 1 N–H and O–H groups in total. The highest BCUT2D eigenvalue weighted by atomic mass is 15.2. The van der Waals surface area contributed by atoms with E-state index in [0.29, 0.717) is 0 Å². The predicted molar refractivity (Wildman–Crippen MR) is 78.0 cm³/mol. The quantitative estimate of drug-likeness (QED) is 0.711. The Bertz CT molecular complexity index is 240. The molecule has 1 saturated carbocycles. The van der Waals surface area contributed by atoms with Gasteiger partial charge in [0.1, 0.15) is 0 Å². The molecule has 2 unspecified atom stereocenters. The van der Waals surface area contributed by atoms with E-state index in [-0.39, 0.29) is 0 Å². The summed E-state index contributed by atoms with van der Waals surface area (Å²) in [5.74, 6) is 0.959. The highest BCUT2D eigenvalue weighted by molar-refractivity contribution is 4.89. The van der Waals surface area contributed by atoms with Crippen LogP contribution in [0.25, 0.3) is 0 Å². The molecule has 0 aromatic carbocycles. The average Bonchev–Trinajstić information content (AvgIpc) is 3.11. The van der Waals surface area contributed by atoms with Crippen molar-refractivity contribution in [2.24, 2.45) is 5.92 Å². The van der Waals surface area contributed by atoms with Gasteiger partial charge in [0.05, 0.1) is 0 Å². The Labute approximate surface area is 113 Å². The maximum atomic E-state index is 3.74. The molecule has 1 aliphatic carbocycles.